The van der Waals surface area contributed by atoms with E-state index in [9.17, 15) is 9.18 Å². The average molecular weight is 288 g/mol. The van der Waals surface area contributed by atoms with Crippen molar-refractivity contribution in [1.82, 2.24) is 4.90 Å². The maximum absolute atomic E-state index is 14.0. The van der Waals surface area contributed by atoms with Gasteiger partial charge in [0.2, 0.25) is 0 Å². The minimum Gasteiger partial charge on any atom is -0.335 e. The van der Waals surface area contributed by atoms with Crippen LogP contribution < -0.4 is 5.73 Å². The molecule has 4 heteroatoms. The fourth-order valence-corrected chi connectivity index (χ4v) is 2.25. The number of rotatable bonds is 4. The number of carbonyl (C=O) groups excluding carboxylic acids is 1. The van der Waals surface area contributed by atoms with Crippen molar-refractivity contribution in [2.24, 2.45) is 11.7 Å². The van der Waals surface area contributed by atoms with Crippen LogP contribution in [-0.2, 0) is 0 Å². The fraction of sp³-hybridized carbons (Fsp3) is 0.471. The van der Waals surface area contributed by atoms with Crippen LogP contribution in [0.4, 0.5) is 4.39 Å². The molecule has 0 aromatic heterocycles. The summed E-state index contributed by atoms with van der Waals surface area (Å²) in [6, 6.07) is 4.65. The van der Waals surface area contributed by atoms with Crippen molar-refractivity contribution in [2.45, 2.75) is 32.7 Å². The number of hydrogen-bond acceptors (Lipinski definition) is 2. The minimum atomic E-state index is -0.493. The summed E-state index contributed by atoms with van der Waals surface area (Å²) >= 11 is 0. The molecule has 2 N–H and O–H groups in total. The van der Waals surface area contributed by atoms with E-state index >= 15 is 0 Å². The molecule has 0 unspecified atom stereocenters. The second kappa shape index (κ2) is 6.73. The van der Waals surface area contributed by atoms with Crippen LogP contribution in [0.1, 0.15) is 42.6 Å². The summed E-state index contributed by atoms with van der Waals surface area (Å²) in [5.41, 5.74) is 6.05. The molecule has 0 spiro atoms. The number of amides is 1. The quantitative estimate of drug-likeness (QED) is 0.865. The van der Waals surface area contributed by atoms with E-state index in [4.69, 9.17) is 5.73 Å². The van der Waals surface area contributed by atoms with Crippen LogP contribution in [0.3, 0.4) is 0 Å². The van der Waals surface area contributed by atoms with Crippen molar-refractivity contribution >= 4 is 5.91 Å². The standard InChI is InChI=1S/C17H21FN2O/c1-12(2)11-20(14-6-7-14)17(21)15-10-13(4-3-9-19)5-8-16(15)18/h5,8,10,12,14H,6-7,9,11,19H2,1-2H3. The molecule has 0 saturated heterocycles. The molecule has 2 rings (SSSR count). The van der Waals surface area contributed by atoms with E-state index in [-0.39, 0.29) is 24.1 Å². The number of nitrogens with two attached hydrogens (primary N) is 1. The van der Waals surface area contributed by atoms with Gasteiger partial charge in [-0.15, -0.1) is 0 Å². The van der Waals surface area contributed by atoms with Crippen LogP contribution in [0.5, 0.6) is 0 Å². The maximum atomic E-state index is 14.0. The van der Waals surface area contributed by atoms with Crippen LogP contribution in [0.2, 0.25) is 0 Å². The van der Waals surface area contributed by atoms with Crippen molar-refractivity contribution in [3.63, 3.8) is 0 Å². The molecule has 21 heavy (non-hydrogen) atoms. The molecule has 1 saturated carbocycles. The first-order valence-electron chi connectivity index (χ1n) is 7.32. The second-order valence-electron chi connectivity index (χ2n) is 5.78. The predicted molar refractivity (Wildman–Crippen MR) is 81.2 cm³/mol. The molecule has 0 radical (unpaired) electrons. The van der Waals surface area contributed by atoms with Gasteiger partial charge in [0.15, 0.2) is 0 Å². The number of nitrogens with zero attached hydrogens (tertiary/aromatic N) is 1. The molecule has 0 aliphatic heterocycles. The van der Waals surface area contributed by atoms with Gasteiger partial charge in [-0.3, -0.25) is 4.79 Å². The van der Waals surface area contributed by atoms with Crippen molar-refractivity contribution in [3.05, 3.63) is 35.1 Å². The molecule has 0 atom stereocenters. The Morgan fingerprint density at radius 3 is 2.76 bits per heavy atom. The van der Waals surface area contributed by atoms with Crippen LogP contribution in [0.25, 0.3) is 0 Å². The smallest absolute Gasteiger partial charge is 0.257 e. The van der Waals surface area contributed by atoms with Gasteiger partial charge in [-0.25, -0.2) is 4.39 Å². The van der Waals surface area contributed by atoms with Gasteiger partial charge in [0.1, 0.15) is 5.82 Å². The number of benzene rings is 1. The van der Waals surface area contributed by atoms with Crippen LogP contribution >= 0.6 is 0 Å². The highest BCUT2D eigenvalue weighted by molar-refractivity contribution is 5.95. The van der Waals surface area contributed by atoms with E-state index in [1.165, 1.54) is 12.1 Å². The fourth-order valence-electron chi connectivity index (χ4n) is 2.25. The summed E-state index contributed by atoms with van der Waals surface area (Å²) in [6.45, 7) is 5.01. The third-order valence-electron chi connectivity index (χ3n) is 3.34. The molecule has 1 aromatic carbocycles. The zero-order valence-electron chi connectivity index (χ0n) is 12.5. The zero-order valence-corrected chi connectivity index (χ0v) is 12.5. The van der Waals surface area contributed by atoms with Crippen molar-refractivity contribution in [1.29, 1.82) is 0 Å². The van der Waals surface area contributed by atoms with Gasteiger partial charge in [0.25, 0.3) is 5.91 Å². The molecular formula is C17H21FN2O. The lowest BCUT2D eigenvalue weighted by molar-refractivity contribution is 0.0717. The van der Waals surface area contributed by atoms with Gasteiger partial charge in [-0.2, -0.15) is 0 Å². The highest BCUT2D eigenvalue weighted by Gasteiger charge is 2.34. The lowest BCUT2D eigenvalue weighted by Gasteiger charge is -2.24. The van der Waals surface area contributed by atoms with Gasteiger partial charge in [0.05, 0.1) is 12.1 Å². The van der Waals surface area contributed by atoms with Gasteiger partial charge < -0.3 is 10.6 Å². The summed E-state index contributed by atoms with van der Waals surface area (Å²) in [6.07, 6.45) is 2.01. The van der Waals surface area contributed by atoms with E-state index in [0.717, 1.165) is 12.8 Å². The molecule has 0 bridgehead atoms. The Labute approximate surface area is 125 Å². The summed E-state index contributed by atoms with van der Waals surface area (Å²) in [5.74, 6) is 5.19. The average Bonchev–Trinajstić information content (AvgIpc) is 3.27. The molecule has 0 heterocycles. The molecule has 3 nitrogen and oxygen atoms in total. The molecule has 1 aromatic rings. The normalized spacial score (nSPS) is 13.8. The number of carbonyl (C=O) groups is 1. The summed E-state index contributed by atoms with van der Waals surface area (Å²) in [7, 11) is 0. The van der Waals surface area contributed by atoms with Crippen molar-refractivity contribution in [3.8, 4) is 11.8 Å². The molecule has 112 valence electrons. The van der Waals surface area contributed by atoms with Crippen molar-refractivity contribution < 1.29 is 9.18 Å². The van der Waals surface area contributed by atoms with Crippen molar-refractivity contribution in [2.75, 3.05) is 13.1 Å². The predicted octanol–water partition coefficient (Wildman–Crippen LogP) is 2.40. The van der Waals surface area contributed by atoms with Gasteiger partial charge in [0, 0.05) is 18.2 Å². The Kier molecular flexibility index (Phi) is 4.98. The Bertz CT molecular complexity index is 582. The van der Waals surface area contributed by atoms with E-state index < -0.39 is 5.82 Å². The highest BCUT2D eigenvalue weighted by Crippen LogP contribution is 2.29. The Morgan fingerprint density at radius 2 is 2.19 bits per heavy atom. The van der Waals surface area contributed by atoms with Gasteiger partial charge >= 0.3 is 0 Å². The second-order valence-corrected chi connectivity index (χ2v) is 5.78. The first-order chi connectivity index (χ1) is 10.0. The number of hydrogen-bond donors (Lipinski definition) is 1. The van der Waals surface area contributed by atoms with Crippen LogP contribution in [0, 0.1) is 23.6 Å². The van der Waals surface area contributed by atoms with Crippen LogP contribution in [-0.4, -0.2) is 29.9 Å². The Balaban J connectivity index is 2.27. The minimum absolute atomic E-state index is 0.103. The van der Waals surface area contributed by atoms with E-state index in [2.05, 4.69) is 25.7 Å². The molecule has 1 aliphatic carbocycles. The molecule has 1 amide bonds. The first-order valence-corrected chi connectivity index (χ1v) is 7.32. The van der Waals surface area contributed by atoms with Gasteiger partial charge in [-0.05, 0) is 37.0 Å². The summed E-state index contributed by atoms with van der Waals surface area (Å²) in [5, 5.41) is 0. The topological polar surface area (TPSA) is 46.3 Å². The lowest BCUT2D eigenvalue weighted by Crippen LogP contribution is -2.36. The number of halogens is 1. The van der Waals surface area contributed by atoms with E-state index in [1.807, 2.05) is 0 Å². The highest BCUT2D eigenvalue weighted by atomic mass is 19.1. The molecular weight excluding hydrogens is 267 g/mol. The third-order valence-corrected chi connectivity index (χ3v) is 3.34. The van der Waals surface area contributed by atoms with E-state index in [0.29, 0.717) is 18.0 Å². The Hall–Kier alpha value is -1.86. The SMILES string of the molecule is CC(C)CN(C(=O)c1cc(C#CCN)ccc1F)C1CC1. The monoisotopic (exact) mass is 288 g/mol. The lowest BCUT2D eigenvalue weighted by atomic mass is 10.1. The summed E-state index contributed by atoms with van der Waals surface area (Å²) in [4.78, 5) is 14.4. The zero-order chi connectivity index (χ0) is 15.4. The molecule has 1 aliphatic rings. The first kappa shape index (κ1) is 15.5. The van der Waals surface area contributed by atoms with Gasteiger partial charge in [-0.1, -0.05) is 25.7 Å². The largest absolute Gasteiger partial charge is 0.335 e. The van der Waals surface area contributed by atoms with E-state index in [1.54, 1.807) is 11.0 Å². The third kappa shape index (κ3) is 4.05. The molecule has 1 fully saturated rings. The maximum Gasteiger partial charge on any atom is 0.257 e. The summed E-state index contributed by atoms with van der Waals surface area (Å²) < 4.78 is 14.0. The Morgan fingerprint density at radius 1 is 1.48 bits per heavy atom. The van der Waals surface area contributed by atoms with Crippen LogP contribution in [0.15, 0.2) is 18.2 Å².